The number of anilines is 2. The van der Waals surface area contributed by atoms with Crippen LogP contribution in [0.3, 0.4) is 0 Å². The van der Waals surface area contributed by atoms with Gasteiger partial charge in [-0.1, -0.05) is 12.8 Å². The van der Waals surface area contributed by atoms with Crippen molar-refractivity contribution in [3.63, 3.8) is 0 Å². The summed E-state index contributed by atoms with van der Waals surface area (Å²) < 4.78 is 5.31. The highest BCUT2D eigenvalue weighted by Crippen LogP contribution is 2.25. The molecule has 0 N–H and O–H groups in total. The van der Waals surface area contributed by atoms with Crippen molar-refractivity contribution in [3.8, 4) is 12.1 Å². The molecule has 130 valence electrons. The monoisotopic (exact) mass is 330 g/mol. The van der Waals surface area contributed by atoms with Crippen molar-refractivity contribution >= 4 is 11.9 Å². The number of nitrogens with zero attached hydrogens (tertiary/aromatic N) is 6. The van der Waals surface area contributed by atoms with Crippen molar-refractivity contribution in [3.05, 3.63) is 0 Å². The molecule has 0 radical (unpaired) electrons. The van der Waals surface area contributed by atoms with Crippen LogP contribution in [-0.4, -0.2) is 48.2 Å². The first-order valence-corrected chi connectivity index (χ1v) is 8.97. The van der Waals surface area contributed by atoms with Crippen molar-refractivity contribution in [1.82, 2.24) is 15.0 Å². The summed E-state index contributed by atoms with van der Waals surface area (Å²) in [5.41, 5.74) is 0. The smallest absolute Gasteiger partial charge is 0.322 e. The molecule has 3 rings (SSSR count). The maximum absolute atomic E-state index is 8.85. The molecule has 0 aliphatic carbocycles. The Bertz CT molecular complexity index is 571. The van der Waals surface area contributed by atoms with E-state index in [2.05, 4.69) is 25.8 Å². The van der Waals surface area contributed by atoms with Crippen LogP contribution >= 0.6 is 0 Å². The molecule has 0 atom stereocenters. The highest BCUT2D eigenvalue weighted by Gasteiger charge is 2.23. The van der Waals surface area contributed by atoms with Crippen LogP contribution in [-0.2, 0) is 0 Å². The lowest BCUT2D eigenvalue weighted by atomic mass is 9.94. The molecule has 0 unspecified atom stereocenters. The van der Waals surface area contributed by atoms with Crippen LogP contribution in [0.1, 0.15) is 44.9 Å². The summed E-state index contributed by atoms with van der Waals surface area (Å²) in [7, 11) is 1.60. The summed E-state index contributed by atoms with van der Waals surface area (Å²) in [5, 5.41) is 8.85. The summed E-state index contributed by atoms with van der Waals surface area (Å²) in [6, 6.07) is 2.67. The standard InChI is InChI=1S/C17H26N6O/c1-24-17-20-15(22-10-4-2-3-5-11-22)19-16(21-17)23-12-7-14(6-9-18)8-13-23/h14H,2-8,10-13H2,1H3. The zero-order valence-corrected chi connectivity index (χ0v) is 14.4. The predicted molar refractivity (Wildman–Crippen MR) is 92.2 cm³/mol. The van der Waals surface area contributed by atoms with Gasteiger partial charge in [0, 0.05) is 32.6 Å². The van der Waals surface area contributed by atoms with E-state index in [-0.39, 0.29) is 0 Å². The number of aromatic nitrogens is 3. The molecule has 2 fully saturated rings. The molecular weight excluding hydrogens is 304 g/mol. The summed E-state index contributed by atoms with van der Waals surface area (Å²) in [4.78, 5) is 18.1. The average molecular weight is 330 g/mol. The highest BCUT2D eigenvalue weighted by atomic mass is 16.5. The molecular formula is C17H26N6O. The Morgan fingerprint density at radius 2 is 1.54 bits per heavy atom. The van der Waals surface area contributed by atoms with Gasteiger partial charge in [0.25, 0.3) is 0 Å². The Balaban J connectivity index is 1.75. The number of ether oxygens (including phenoxy) is 1. The van der Waals surface area contributed by atoms with Gasteiger partial charge in [-0.2, -0.15) is 20.2 Å². The Morgan fingerprint density at radius 1 is 0.958 bits per heavy atom. The first-order chi connectivity index (χ1) is 11.8. The van der Waals surface area contributed by atoms with Crippen LogP contribution in [0.15, 0.2) is 0 Å². The SMILES string of the molecule is COc1nc(N2CCCCCC2)nc(N2CCC(CC#N)CC2)n1. The van der Waals surface area contributed by atoms with E-state index in [1.807, 2.05) is 0 Å². The second-order valence-electron chi connectivity index (χ2n) is 6.62. The Morgan fingerprint density at radius 3 is 2.08 bits per heavy atom. The summed E-state index contributed by atoms with van der Waals surface area (Å²) in [6.45, 7) is 3.77. The van der Waals surface area contributed by atoms with Gasteiger partial charge in [0.05, 0.1) is 13.2 Å². The van der Waals surface area contributed by atoms with E-state index in [1.165, 1.54) is 25.7 Å². The number of piperidine rings is 1. The molecule has 24 heavy (non-hydrogen) atoms. The minimum absolute atomic E-state index is 0.387. The first kappa shape index (κ1) is 16.7. The molecule has 7 heteroatoms. The quantitative estimate of drug-likeness (QED) is 0.838. The van der Waals surface area contributed by atoms with Crippen LogP contribution in [0.4, 0.5) is 11.9 Å². The topological polar surface area (TPSA) is 78.2 Å². The molecule has 0 bridgehead atoms. The van der Waals surface area contributed by atoms with Gasteiger partial charge in [-0.3, -0.25) is 0 Å². The third-order valence-corrected chi connectivity index (χ3v) is 4.94. The third kappa shape index (κ3) is 4.05. The van der Waals surface area contributed by atoms with Gasteiger partial charge >= 0.3 is 6.01 Å². The molecule has 1 aromatic heterocycles. The molecule has 1 aromatic rings. The Hall–Kier alpha value is -2.10. The van der Waals surface area contributed by atoms with Crippen molar-refractivity contribution in [1.29, 1.82) is 5.26 Å². The van der Waals surface area contributed by atoms with Crippen LogP contribution in [0.5, 0.6) is 6.01 Å². The van der Waals surface area contributed by atoms with Gasteiger partial charge in [-0.15, -0.1) is 0 Å². The zero-order chi connectivity index (χ0) is 16.8. The maximum atomic E-state index is 8.85. The fourth-order valence-corrected chi connectivity index (χ4v) is 3.45. The van der Waals surface area contributed by atoms with Gasteiger partial charge < -0.3 is 14.5 Å². The number of rotatable bonds is 4. The minimum atomic E-state index is 0.387. The zero-order valence-electron chi connectivity index (χ0n) is 14.4. The van der Waals surface area contributed by atoms with Gasteiger partial charge in [0.15, 0.2) is 0 Å². The molecule has 7 nitrogen and oxygen atoms in total. The first-order valence-electron chi connectivity index (χ1n) is 8.97. The second kappa shape index (κ2) is 8.13. The maximum Gasteiger partial charge on any atom is 0.322 e. The molecule has 2 saturated heterocycles. The van der Waals surface area contributed by atoms with Gasteiger partial charge in [0.2, 0.25) is 11.9 Å². The largest absolute Gasteiger partial charge is 0.467 e. The van der Waals surface area contributed by atoms with Crippen LogP contribution in [0.25, 0.3) is 0 Å². The Kier molecular flexibility index (Phi) is 5.68. The lowest BCUT2D eigenvalue weighted by Crippen LogP contribution is -2.35. The van der Waals surface area contributed by atoms with Crippen LogP contribution in [0, 0.1) is 17.2 Å². The number of hydrogen-bond acceptors (Lipinski definition) is 7. The van der Waals surface area contributed by atoms with E-state index in [0.717, 1.165) is 45.0 Å². The van der Waals surface area contributed by atoms with Gasteiger partial charge in [0.1, 0.15) is 0 Å². The second-order valence-corrected chi connectivity index (χ2v) is 6.62. The fraction of sp³-hybridized carbons (Fsp3) is 0.765. The van der Waals surface area contributed by atoms with E-state index in [1.54, 1.807) is 7.11 Å². The van der Waals surface area contributed by atoms with Crippen LogP contribution < -0.4 is 14.5 Å². The fourth-order valence-electron chi connectivity index (χ4n) is 3.45. The van der Waals surface area contributed by atoms with E-state index in [9.17, 15) is 0 Å². The number of methoxy groups -OCH3 is 1. The molecule has 0 spiro atoms. The van der Waals surface area contributed by atoms with E-state index < -0.39 is 0 Å². The predicted octanol–water partition coefficient (Wildman–Crippen LogP) is 2.39. The normalized spacial score (nSPS) is 19.7. The summed E-state index contributed by atoms with van der Waals surface area (Å²) >= 11 is 0. The average Bonchev–Trinajstić information content (AvgIpc) is 2.92. The lowest BCUT2D eigenvalue weighted by Gasteiger charge is -2.31. The minimum Gasteiger partial charge on any atom is -0.467 e. The van der Waals surface area contributed by atoms with Gasteiger partial charge in [-0.05, 0) is 31.6 Å². The van der Waals surface area contributed by atoms with Crippen molar-refractivity contribution in [2.75, 3.05) is 43.1 Å². The van der Waals surface area contributed by atoms with E-state index in [4.69, 9.17) is 15.0 Å². The number of nitriles is 1. The van der Waals surface area contributed by atoms with Crippen molar-refractivity contribution in [2.45, 2.75) is 44.9 Å². The van der Waals surface area contributed by atoms with Gasteiger partial charge in [-0.25, -0.2) is 0 Å². The molecule has 0 amide bonds. The molecule has 2 aliphatic rings. The molecule has 0 aromatic carbocycles. The Labute approximate surface area is 143 Å². The lowest BCUT2D eigenvalue weighted by molar-refractivity contribution is 0.373. The molecule has 0 saturated carbocycles. The summed E-state index contributed by atoms with van der Waals surface area (Å²) in [5.74, 6) is 1.94. The van der Waals surface area contributed by atoms with Crippen molar-refractivity contribution < 1.29 is 4.74 Å². The van der Waals surface area contributed by atoms with E-state index >= 15 is 0 Å². The summed E-state index contributed by atoms with van der Waals surface area (Å²) in [6.07, 6.45) is 7.59. The molecule has 3 heterocycles. The van der Waals surface area contributed by atoms with E-state index in [0.29, 0.717) is 24.3 Å². The highest BCUT2D eigenvalue weighted by molar-refractivity contribution is 5.40. The molecule has 2 aliphatic heterocycles. The van der Waals surface area contributed by atoms with Crippen molar-refractivity contribution in [2.24, 2.45) is 5.92 Å². The third-order valence-electron chi connectivity index (χ3n) is 4.94. The number of hydrogen-bond donors (Lipinski definition) is 0. The van der Waals surface area contributed by atoms with Crippen LogP contribution in [0.2, 0.25) is 0 Å².